The molecule has 0 atom stereocenters. The lowest BCUT2D eigenvalue weighted by atomic mass is 10.4. The van der Waals surface area contributed by atoms with Crippen molar-refractivity contribution in [3.05, 3.63) is 11.8 Å². The molecular formula is C6H14N2. The van der Waals surface area contributed by atoms with Gasteiger partial charge in [-0.15, -0.1) is 0 Å². The summed E-state index contributed by atoms with van der Waals surface area (Å²) >= 11 is 0. The van der Waals surface area contributed by atoms with Gasteiger partial charge >= 0.3 is 0 Å². The van der Waals surface area contributed by atoms with Crippen molar-refractivity contribution in [1.29, 1.82) is 0 Å². The Labute approximate surface area is 51.3 Å². The molecule has 0 saturated heterocycles. The summed E-state index contributed by atoms with van der Waals surface area (Å²) < 4.78 is 0. The molecule has 0 saturated carbocycles. The summed E-state index contributed by atoms with van der Waals surface area (Å²) in [5.74, 6) is 0. The molecule has 1 heterocycles. The highest BCUT2D eigenvalue weighted by Crippen LogP contribution is 2.00. The standard InChI is InChI=1S/C4H6N2.2CH4/c1-4-2-5-6-3-4;;/h2H,3H2,1H3;2*1H4. The maximum absolute atomic E-state index is 3.70. The fourth-order valence-electron chi connectivity index (χ4n) is 0.333. The van der Waals surface area contributed by atoms with E-state index in [4.69, 9.17) is 0 Å². The topological polar surface area (TPSA) is 24.7 Å². The zero-order valence-electron chi connectivity index (χ0n) is 3.68. The monoisotopic (exact) mass is 114 g/mol. The van der Waals surface area contributed by atoms with Gasteiger partial charge in [-0.2, -0.15) is 10.2 Å². The molecule has 0 fully saturated rings. The van der Waals surface area contributed by atoms with E-state index < -0.39 is 0 Å². The summed E-state index contributed by atoms with van der Waals surface area (Å²) in [5.41, 5.74) is 1.25. The van der Waals surface area contributed by atoms with Crippen molar-refractivity contribution in [2.24, 2.45) is 10.2 Å². The Morgan fingerprint density at radius 1 is 1.50 bits per heavy atom. The molecule has 8 heavy (non-hydrogen) atoms. The zero-order valence-corrected chi connectivity index (χ0v) is 3.68. The molecular weight excluding hydrogens is 100 g/mol. The molecule has 0 aromatic rings. The van der Waals surface area contributed by atoms with Crippen LogP contribution in [0.2, 0.25) is 0 Å². The molecule has 0 aliphatic carbocycles. The minimum atomic E-state index is 0. The van der Waals surface area contributed by atoms with Crippen molar-refractivity contribution in [3.63, 3.8) is 0 Å². The molecule has 0 unspecified atom stereocenters. The normalized spacial score (nSPS) is 13.9. The van der Waals surface area contributed by atoms with E-state index in [2.05, 4.69) is 10.2 Å². The minimum Gasteiger partial charge on any atom is -0.185 e. The van der Waals surface area contributed by atoms with Crippen LogP contribution in [-0.2, 0) is 0 Å². The van der Waals surface area contributed by atoms with Crippen LogP contribution in [0.25, 0.3) is 0 Å². The average Bonchev–Trinajstić information content (AvgIpc) is 1.86. The largest absolute Gasteiger partial charge is 0.185 e. The molecule has 0 amide bonds. The van der Waals surface area contributed by atoms with Crippen LogP contribution in [0.15, 0.2) is 22.0 Å². The highest BCUT2D eigenvalue weighted by Gasteiger charge is 1.88. The van der Waals surface area contributed by atoms with Crippen LogP contribution in [-0.4, -0.2) is 6.54 Å². The number of nitrogens with zero attached hydrogens (tertiary/aromatic N) is 2. The van der Waals surface area contributed by atoms with Gasteiger partial charge in [0.1, 0.15) is 0 Å². The molecule has 48 valence electrons. The Morgan fingerprint density at radius 2 is 2.12 bits per heavy atom. The Hall–Kier alpha value is -0.660. The van der Waals surface area contributed by atoms with Crippen molar-refractivity contribution in [3.8, 4) is 0 Å². The quantitative estimate of drug-likeness (QED) is 0.462. The molecule has 0 radical (unpaired) electrons. The van der Waals surface area contributed by atoms with Gasteiger partial charge in [-0.25, -0.2) is 0 Å². The molecule has 1 aliphatic heterocycles. The summed E-state index contributed by atoms with van der Waals surface area (Å²) in [6.07, 6.45) is 1.78. The third kappa shape index (κ3) is 2.50. The van der Waals surface area contributed by atoms with Gasteiger partial charge in [0.2, 0.25) is 0 Å². The van der Waals surface area contributed by atoms with Crippen LogP contribution in [0.4, 0.5) is 0 Å². The molecule has 0 N–H and O–H groups in total. The molecule has 1 rings (SSSR count). The van der Waals surface area contributed by atoms with Gasteiger partial charge in [-0.3, -0.25) is 0 Å². The first-order valence-corrected chi connectivity index (χ1v) is 1.92. The molecule has 0 bridgehead atoms. The van der Waals surface area contributed by atoms with E-state index in [1.54, 1.807) is 6.20 Å². The Kier molecular flexibility index (Phi) is 5.82. The molecule has 1 aliphatic rings. The number of rotatable bonds is 0. The van der Waals surface area contributed by atoms with Crippen LogP contribution in [0.1, 0.15) is 21.8 Å². The first-order valence-electron chi connectivity index (χ1n) is 1.92. The minimum absolute atomic E-state index is 0. The zero-order chi connectivity index (χ0) is 4.41. The summed E-state index contributed by atoms with van der Waals surface area (Å²) in [6, 6.07) is 0. The van der Waals surface area contributed by atoms with Crippen LogP contribution < -0.4 is 0 Å². The fourth-order valence-corrected chi connectivity index (χ4v) is 0.333. The lowest BCUT2D eigenvalue weighted by molar-refractivity contribution is 1.10. The van der Waals surface area contributed by atoms with Gasteiger partial charge in [0.15, 0.2) is 0 Å². The number of hydrogen-bond acceptors (Lipinski definition) is 2. The van der Waals surface area contributed by atoms with E-state index in [0.717, 1.165) is 6.54 Å². The van der Waals surface area contributed by atoms with Crippen molar-refractivity contribution in [2.45, 2.75) is 21.8 Å². The molecule has 0 spiro atoms. The highest BCUT2D eigenvalue weighted by molar-refractivity contribution is 5.01. The predicted molar refractivity (Wildman–Crippen MR) is 36.9 cm³/mol. The first-order chi connectivity index (χ1) is 2.89. The van der Waals surface area contributed by atoms with Crippen molar-refractivity contribution >= 4 is 0 Å². The number of azo groups is 1. The van der Waals surface area contributed by atoms with Crippen LogP contribution in [0, 0.1) is 0 Å². The summed E-state index contributed by atoms with van der Waals surface area (Å²) in [4.78, 5) is 0. The average molecular weight is 114 g/mol. The van der Waals surface area contributed by atoms with Crippen LogP contribution in [0.5, 0.6) is 0 Å². The lowest BCUT2D eigenvalue weighted by Crippen LogP contribution is -1.70. The van der Waals surface area contributed by atoms with Gasteiger partial charge in [-0.1, -0.05) is 14.9 Å². The van der Waals surface area contributed by atoms with E-state index in [9.17, 15) is 0 Å². The summed E-state index contributed by atoms with van der Waals surface area (Å²) in [5, 5.41) is 7.32. The van der Waals surface area contributed by atoms with E-state index in [-0.39, 0.29) is 14.9 Å². The van der Waals surface area contributed by atoms with Gasteiger partial charge in [0, 0.05) is 6.20 Å². The van der Waals surface area contributed by atoms with E-state index in [0.29, 0.717) is 0 Å². The molecule has 2 heteroatoms. The second-order valence-electron chi connectivity index (χ2n) is 1.39. The molecule has 0 aromatic carbocycles. The molecule has 0 aromatic heterocycles. The third-order valence-corrected chi connectivity index (χ3v) is 0.680. The van der Waals surface area contributed by atoms with Gasteiger partial charge in [0.25, 0.3) is 0 Å². The van der Waals surface area contributed by atoms with E-state index in [1.807, 2.05) is 6.92 Å². The van der Waals surface area contributed by atoms with Crippen molar-refractivity contribution in [2.75, 3.05) is 6.54 Å². The van der Waals surface area contributed by atoms with Crippen molar-refractivity contribution in [1.82, 2.24) is 0 Å². The SMILES string of the molecule is C.C.CC1=CN=NC1. The van der Waals surface area contributed by atoms with E-state index >= 15 is 0 Å². The highest BCUT2D eigenvalue weighted by atomic mass is 15.1. The number of hydrogen-bond donors (Lipinski definition) is 0. The van der Waals surface area contributed by atoms with Crippen LogP contribution >= 0.6 is 0 Å². The Bertz CT molecular complexity index is 103. The predicted octanol–water partition coefficient (Wildman–Crippen LogP) is 2.63. The van der Waals surface area contributed by atoms with Crippen molar-refractivity contribution < 1.29 is 0 Å². The lowest BCUT2D eigenvalue weighted by Gasteiger charge is -1.74. The van der Waals surface area contributed by atoms with Crippen LogP contribution in [0.3, 0.4) is 0 Å². The summed E-state index contributed by atoms with van der Waals surface area (Å²) in [6.45, 7) is 2.82. The maximum Gasteiger partial charge on any atom is 0.0829 e. The Balaban J connectivity index is 0. The molecule has 2 nitrogen and oxygen atoms in total. The maximum atomic E-state index is 3.70. The smallest absolute Gasteiger partial charge is 0.0829 e. The third-order valence-electron chi connectivity index (χ3n) is 0.680. The van der Waals surface area contributed by atoms with E-state index in [1.165, 1.54) is 5.57 Å². The fraction of sp³-hybridized carbons (Fsp3) is 0.667. The van der Waals surface area contributed by atoms with Gasteiger partial charge in [0.05, 0.1) is 6.54 Å². The summed E-state index contributed by atoms with van der Waals surface area (Å²) in [7, 11) is 0. The van der Waals surface area contributed by atoms with Gasteiger partial charge in [-0.05, 0) is 12.5 Å². The Morgan fingerprint density at radius 3 is 2.25 bits per heavy atom. The van der Waals surface area contributed by atoms with Gasteiger partial charge < -0.3 is 0 Å². The first kappa shape index (κ1) is 10.3. The second kappa shape index (κ2) is 4.50. The second-order valence-corrected chi connectivity index (χ2v) is 1.39.